The van der Waals surface area contributed by atoms with E-state index in [2.05, 4.69) is 21.4 Å². The van der Waals surface area contributed by atoms with Crippen LogP contribution in [0.5, 0.6) is 5.75 Å². The number of amides is 1. The van der Waals surface area contributed by atoms with Crippen molar-refractivity contribution < 1.29 is 9.53 Å². The van der Waals surface area contributed by atoms with E-state index in [1.807, 2.05) is 37.4 Å². The van der Waals surface area contributed by atoms with Crippen molar-refractivity contribution in [2.45, 2.75) is 19.8 Å². The van der Waals surface area contributed by atoms with Gasteiger partial charge in [0.15, 0.2) is 11.6 Å². The molecule has 0 saturated carbocycles. The third-order valence-electron chi connectivity index (χ3n) is 3.77. The smallest absolute Gasteiger partial charge is 0.225 e. The average Bonchev–Trinajstić information content (AvgIpc) is 2.96. The highest BCUT2D eigenvalue weighted by molar-refractivity contribution is 5.92. The molecule has 0 spiro atoms. The third kappa shape index (κ3) is 3.34. The second-order valence-corrected chi connectivity index (χ2v) is 5.41. The Hall–Kier alpha value is -2.82. The molecule has 0 saturated heterocycles. The van der Waals surface area contributed by atoms with Crippen LogP contribution < -0.4 is 10.1 Å². The molecule has 0 aliphatic carbocycles. The fraction of sp³-hybridized carbons (Fsp3) is 0.222. The third-order valence-corrected chi connectivity index (χ3v) is 3.77. The van der Waals surface area contributed by atoms with Gasteiger partial charge in [-0.15, -0.1) is 0 Å². The Bertz CT molecular complexity index is 839. The Morgan fingerprint density at radius 2 is 2.09 bits per heavy atom. The van der Waals surface area contributed by atoms with Crippen molar-refractivity contribution in [2.75, 3.05) is 12.4 Å². The molecule has 2 heterocycles. The van der Waals surface area contributed by atoms with E-state index in [9.17, 15) is 4.79 Å². The maximum Gasteiger partial charge on any atom is 0.225 e. The van der Waals surface area contributed by atoms with E-state index in [0.717, 1.165) is 22.2 Å². The summed E-state index contributed by atoms with van der Waals surface area (Å²) in [6.07, 6.45) is 3.02. The molecule has 0 atom stereocenters. The van der Waals surface area contributed by atoms with Crippen molar-refractivity contribution in [3.8, 4) is 5.75 Å². The lowest BCUT2D eigenvalue weighted by molar-refractivity contribution is -0.116. The summed E-state index contributed by atoms with van der Waals surface area (Å²) < 4.78 is 5.23. The predicted molar refractivity (Wildman–Crippen MR) is 90.8 cm³/mol. The summed E-state index contributed by atoms with van der Waals surface area (Å²) in [4.78, 5) is 19.7. The van der Waals surface area contributed by atoms with Crippen molar-refractivity contribution >= 4 is 22.6 Å². The highest BCUT2D eigenvalue weighted by atomic mass is 16.5. The molecule has 2 aromatic heterocycles. The summed E-state index contributed by atoms with van der Waals surface area (Å²) in [7, 11) is 1.56. The molecule has 3 aromatic rings. The number of nitrogens with zero attached hydrogens (tertiary/aromatic N) is 1. The molecule has 23 heavy (non-hydrogen) atoms. The largest absolute Gasteiger partial charge is 0.493 e. The minimum atomic E-state index is -0.0771. The molecule has 1 aromatic carbocycles. The molecule has 0 unspecified atom stereocenters. The number of para-hydroxylation sites is 1. The normalized spacial score (nSPS) is 10.7. The maximum atomic E-state index is 12.2. The number of aryl methyl sites for hydroxylation is 2. The highest BCUT2D eigenvalue weighted by Crippen LogP contribution is 2.23. The number of nitrogens with one attached hydrogen (secondary N) is 2. The number of carbonyl (C=O) groups is 1. The highest BCUT2D eigenvalue weighted by Gasteiger charge is 2.11. The van der Waals surface area contributed by atoms with Gasteiger partial charge in [0.05, 0.1) is 7.11 Å². The molecule has 0 aliphatic rings. The summed E-state index contributed by atoms with van der Waals surface area (Å²) in [5.74, 6) is 0.958. The van der Waals surface area contributed by atoms with Gasteiger partial charge in [-0.1, -0.05) is 18.2 Å². The number of aromatic nitrogens is 2. The molecule has 3 rings (SSSR count). The Morgan fingerprint density at radius 1 is 1.26 bits per heavy atom. The van der Waals surface area contributed by atoms with Crippen LogP contribution in [0.2, 0.25) is 0 Å². The van der Waals surface area contributed by atoms with Gasteiger partial charge in [-0.25, -0.2) is 4.98 Å². The van der Waals surface area contributed by atoms with E-state index in [-0.39, 0.29) is 5.91 Å². The number of carbonyl (C=O) groups excluding carboxylic acids is 1. The number of benzene rings is 1. The van der Waals surface area contributed by atoms with Crippen LogP contribution in [0.4, 0.5) is 5.82 Å². The fourth-order valence-electron chi connectivity index (χ4n) is 2.58. The molecule has 1 amide bonds. The molecule has 2 N–H and O–H groups in total. The molecule has 0 fully saturated rings. The van der Waals surface area contributed by atoms with Gasteiger partial charge < -0.3 is 15.0 Å². The second kappa shape index (κ2) is 6.52. The number of methoxy groups -OCH3 is 1. The first-order chi connectivity index (χ1) is 11.2. The lowest BCUT2D eigenvalue weighted by Crippen LogP contribution is -2.14. The Balaban J connectivity index is 1.67. The van der Waals surface area contributed by atoms with Crippen LogP contribution in [0.3, 0.4) is 0 Å². The van der Waals surface area contributed by atoms with Gasteiger partial charge in [-0.2, -0.15) is 0 Å². The van der Waals surface area contributed by atoms with Gasteiger partial charge in [0, 0.05) is 29.2 Å². The first kappa shape index (κ1) is 15.1. The molecule has 0 aliphatic heterocycles. The summed E-state index contributed by atoms with van der Waals surface area (Å²) in [6, 6.07) is 11.7. The lowest BCUT2D eigenvalue weighted by Gasteiger charge is -2.09. The zero-order chi connectivity index (χ0) is 16.2. The summed E-state index contributed by atoms with van der Waals surface area (Å²) in [5, 5.41) is 3.99. The zero-order valence-electron chi connectivity index (χ0n) is 13.2. The topological polar surface area (TPSA) is 67.0 Å². The van der Waals surface area contributed by atoms with Crippen LogP contribution in [-0.2, 0) is 11.2 Å². The van der Waals surface area contributed by atoms with Gasteiger partial charge in [0.1, 0.15) is 0 Å². The van der Waals surface area contributed by atoms with E-state index in [1.54, 1.807) is 13.2 Å². The van der Waals surface area contributed by atoms with Crippen molar-refractivity contribution in [1.29, 1.82) is 0 Å². The molecule has 118 valence electrons. The number of anilines is 1. The van der Waals surface area contributed by atoms with E-state index in [4.69, 9.17) is 4.74 Å². The van der Waals surface area contributed by atoms with Crippen molar-refractivity contribution in [1.82, 2.24) is 9.97 Å². The first-order valence-corrected chi connectivity index (χ1v) is 7.54. The molecule has 0 bridgehead atoms. The number of pyridine rings is 1. The number of hydrogen-bond donors (Lipinski definition) is 2. The molecule has 5 nitrogen and oxygen atoms in total. The molecule has 0 radical (unpaired) electrons. The summed E-state index contributed by atoms with van der Waals surface area (Å²) in [6.45, 7) is 1.88. The van der Waals surface area contributed by atoms with Crippen molar-refractivity contribution in [3.05, 3.63) is 53.9 Å². The van der Waals surface area contributed by atoms with Gasteiger partial charge in [-0.05, 0) is 37.1 Å². The van der Waals surface area contributed by atoms with Crippen LogP contribution in [0.15, 0.2) is 42.6 Å². The van der Waals surface area contributed by atoms with E-state index in [1.165, 1.54) is 0 Å². The number of fused-ring (bicyclic) bond motifs is 1. The maximum absolute atomic E-state index is 12.2. The SMILES string of the molecule is COc1ccc(C)nc1NC(=O)CCc1c[nH]c2ccccc12. The first-order valence-electron chi connectivity index (χ1n) is 7.54. The minimum absolute atomic E-state index is 0.0771. The van der Waals surface area contributed by atoms with Gasteiger partial charge in [0.25, 0.3) is 0 Å². The number of rotatable bonds is 5. The van der Waals surface area contributed by atoms with Gasteiger partial charge in [0.2, 0.25) is 5.91 Å². The summed E-state index contributed by atoms with van der Waals surface area (Å²) >= 11 is 0. The lowest BCUT2D eigenvalue weighted by atomic mass is 10.1. The average molecular weight is 309 g/mol. The zero-order valence-corrected chi connectivity index (χ0v) is 13.2. The Labute approximate surface area is 134 Å². The Kier molecular flexibility index (Phi) is 4.28. The Morgan fingerprint density at radius 3 is 2.91 bits per heavy atom. The van der Waals surface area contributed by atoms with Crippen LogP contribution in [0.1, 0.15) is 17.7 Å². The molecule has 5 heteroatoms. The van der Waals surface area contributed by atoms with E-state index < -0.39 is 0 Å². The van der Waals surface area contributed by atoms with Gasteiger partial charge >= 0.3 is 0 Å². The van der Waals surface area contributed by atoms with Crippen molar-refractivity contribution in [3.63, 3.8) is 0 Å². The summed E-state index contributed by atoms with van der Waals surface area (Å²) in [5.41, 5.74) is 3.06. The fourth-order valence-corrected chi connectivity index (χ4v) is 2.58. The van der Waals surface area contributed by atoms with Crippen LogP contribution in [-0.4, -0.2) is 23.0 Å². The molecular formula is C18H19N3O2. The number of H-pyrrole nitrogens is 1. The standard InChI is InChI=1S/C18H19N3O2/c1-12-7-9-16(23-2)18(20-12)21-17(22)10-8-13-11-19-15-6-4-3-5-14(13)15/h3-7,9,11,19H,8,10H2,1-2H3,(H,20,21,22). The number of ether oxygens (including phenoxy) is 1. The van der Waals surface area contributed by atoms with E-state index >= 15 is 0 Å². The van der Waals surface area contributed by atoms with Crippen LogP contribution in [0.25, 0.3) is 10.9 Å². The van der Waals surface area contributed by atoms with Crippen molar-refractivity contribution in [2.24, 2.45) is 0 Å². The van der Waals surface area contributed by atoms with Crippen LogP contribution >= 0.6 is 0 Å². The van der Waals surface area contributed by atoms with Gasteiger partial charge in [-0.3, -0.25) is 4.79 Å². The number of hydrogen-bond acceptors (Lipinski definition) is 3. The van der Waals surface area contributed by atoms with Crippen LogP contribution in [0, 0.1) is 6.92 Å². The minimum Gasteiger partial charge on any atom is -0.493 e. The molecular weight excluding hydrogens is 290 g/mol. The monoisotopic (exact) mass is 309 g/mol. The quantitative estimate of drug-likeness (QED) is 0.758. The predicted octanol–water partition coefficient (Wildman–Crippen LogP) is 3.45. The number of aromatic amines is 1. The second-order valence-electron chi connectivity index (χ2n) is 5.41. The van der Waals surface area contributed by atoms with E-state index in [0.29, 0.717) is 24.4 Å².